The van der Waals surface area contributed by atoms with E-state index in [0.29, 0.717) is 5.90 Å². The van der Waals surface area contributed by atoms with Crippen LogP contribution in [0.25, 0.3) is 10.9 Å². The third kappa shape index (κ3) is 2.97. The molecule has 0 fully saturated rings. The monoisotopic (exact) mass is 350 g/mol. The van der Waals surface area contributed by atoms with Gasteiger partial charge in [0.15, 0.2) is 6.10 Å². The number of benzene rings is 3. The number of para-hydroxylation sites is 1. The predicted molar refractivity (Wildman–Crippen MR) is 108 cm³/mol. The smallest absolute Gasteiger partial charge is 0.236 e. The van der Waals surface area contributed by atoms with E-state index in [-0.39, 0.29) is 12.1 Å². The first-order chi connectivity index (χ1) is 13.4. The van der Waals surface area contributed by atoms with E-state index >= 15 is 0 Å². The van der Waals surface area contributed by atoms with Gasteiger partial charge in [0, 0.05) is 5.39 Å². The van der Waals surface area contributed by atoms with E-state index < -0.39 is 0 Å². The minimum absolute atomic E-state index is 0.0862. The number of hydrogen-bond acceptors (Lipinski definition) is 3. The molecule has 0 N–H and O–H groups in total. The number of nitrogens with zero attached hydrogens (tertiary/aromatic N) is 2. The van der Waals surface area contributed by atoms with Crippen LogP contribution in [0, 0.1) is 0 Å². The lowest BCUT2D eigenvalue weighted by atomic mass is 9.97. The summed E-state index contributed by atoms with van der Waals surface area (Å²) < 4.78 is 6.34. The molecule has 5 rings (SSSR count). The second-order valence-electron chi connectivity index (χ2n) is 6.63. The highest BCUT2D eigenvalue weighted by atomic mass is 16.5. The fourth-order valence-corrected chi connectivity index (χ4v) is 3.51. The standard InChI is InChI=1S/C24H18N2O/c1-3-10-18(11-4-1)22-23(19-12-5-2-6-13-19)27-24(26-22)21-16-15-17-9-7-8-14-20(17)25-21/h1-16,22-23H/t22-,23+/m0/s1. The van der Waals surface area contributed by atoms with Crippen molar-refractivity contribution in [1.82, 2.24) is 4.98 Å². The number of hydrogen-bond donors (Lipinski definition) is 0. The third-order valence-corrected chi connectivity index (χ3v) is 4.87. The number of pyridine rings is 1. The van der Waals surface area contributed by atoms with Crippen LogP contribution in [0.3, 0.4) is 0 Å². The number of fused-ring (bicyclic) bond motifs is 1. The highest BCUT2D eigenvalue weighted by Gasteiger charge is 2.34. The molecule has 1 aromatic heterocycles. The van der Waals surface area contributed by atoms with Gasteiger partial charge in [0.1, 0.15) is 11.7 Å². The molecule has 0 saturated heterocycles. The molecular formula is C24H18N2O. The molecule has 0 aliphatic carbocycles. The second kappa shape index (κ2) is 6.69. The van der Waals surface area contributed by atoms with Crippen LogP contribution in [0.4, 0.5) is 0 Å². The molecular weight excluding hydrogens is 332 g/mol. The quantitative estimate of drug-likeness (QED) is 0.489. The van der Waals surface area contributed by atoms with Crippen LogP contribution in [0.1, 0.15) is 29.0 Å². The molecule has 0 unspecified atom stereocenters. The van der Waals surface area contributed by atoms with Crippen molar-refractivity contribution in [2.45, 2.75) is 12.1 Å². The maximum Gasteiger partial charge on any atom is 0.236 e. The van der Waals surface area contributed by atoms with Gasteiger partial charge in [-0.25, -0.2) is 9.98 Å². The summed E-state index contributed by atoms with van der Waals surface area (Å²) in [4.78, 5) is 9.68. The summed E-state index contributed by atoms with van der Waals surface area (Å²) in [5.74, 6) is 0.600. The topological polar surface area (TPSA) is 34.5 Å². The summed E-state index contributed by atoms with van der Waals surface area (Å²) in [6.07, 6.45) is -0.156. The molecule has 4 aromatic rings. The Labute approximate surface area is 158 Å². The zero-order valence-electron chi connectivity index (χ0n) is 14.7. The van der Waals surface area contributed by atoms with Crippen molar-refractivity contribution in [2.24, 2.45) is 4.99 Å². The molecule has 1 aliphatic heterocycles. The van der Waals surface area contributed by atoms with Crippen LogP contribution >= 0.6 is 0 Å². The second-order valence-corrected chi connectivity index (χ2v) is 6.63. The fraction of sp³-hybridized carbons (Fsp3) is 0.0833. The van der Waals surface area contributed by atoms with Gasteiger partial charge in [-0.2, -0.15) is 0 Å². The lowest BCUT2D eigenvalue weighted by Gasteiger charge is -2.18. The molecule has 0 amide bonds. The molecule has 3 nitrogen and oxygen atoms in total. The van der Waals surface area contributed by atoms with Gasteiger partial charge in [0.05, 0.1) is 5.52 Å². The van der Waals surface area contributed by atoms with Crippen molar-refractivity contribution in [3.05, 3.63) is 114 Å². The fourth-order valence-electron chi connectivity index (χ4n) is 3.51. The SMILES string of the molecule is c1ccc([C@H]2OC(c3ccc4ccccc4n3)=N[C@H]2c2ccccc2)cc1. The van der Waals surface area contributed by atoms with E-state index in [0.717, 1.165) is 27.7 Å². The Balaban J connectivity index is 1.58. The average Bonchev–Trinajstić information content (AvgIpc) is 3.20. The Morgan fingerprint density at radius 2 is 1.30 bits per heavy atom. The van der Waals surface area contributed by atoms with Crippen molar-refractivity contribution in [3.63, 3.8) is 0 Å². The molecule has 0 saturated carbocycles. The van der Waals surface area contributed by atoms with E-state index in [1.54, 1.807) is 0 Å². The Morgan fingerprint density at radius 1 is 0.630 bits per heavy atom. The van der Waals surface area contributed by atoms with Crippen LogP contribution in [-0.2, 0) is 4.74 Å². The van der Waals surface area contributed by atoms with Crippen LogP contribution in [-0.4, -0.2) is 10.9 Å². The predicted octanol–water partition coefficient (Wildman–Crippen LogP) is 5.49. The Bertz CT molecular complexity index is 1110. The van der Waals surface area contributed by atoms with Crippen molar-refractivity contribution >= 4 is 16.8 Å². The summed E-state index contributed by atoms with van der Waals surface area (Å²) in [5.41, 5.74) is 3.97. The van der Waals surface area contributed by atoms with Gasteiger partial charge in [-0.1, -0.05) is 84.9 Å². The number of aliphatic imine (C=N–C) groups is 1. The number of aromatic nitrogens is 1. The lowest BCUT2D eigenvalue weighted by Crippen LogP contribution is -2.09. The molecule has 3 aromatic carbocycles. The summed E-state index contributed by atoms with van der Waals surface area (Å²) in [7, 11) is 0. The zero-order chi connectivity index (χ0) is 18.1. The minimum atomic E-state index is -0.156. The average molecular weight is 350 g/mol. The minimum Gasteiger partial charge on any atom is -0.465 e. The Morgan fingerprint density at radius 3 is 2.07 bits per heavy atom. The first-order valence-electron chi connectivity index (χ1n) is 9.09. The van der Waals surface area contributed by atoms with Crippen molar-refractivity contribution in [2.75, 3.05) is 0 Å². The first-order valence-corrected chi connectivity index (χ1v) is 9.09. The van der Waals surface area contributed by atoms with Crippen LogP contribution in [0.2, 0.25) is 0 Å². The van der Waals surface area contributed by atoms with Gasteiger partial charge in [-0.05, 0) is 23.3 Å². The summed E-state index contributed by atoms with van der Waals surface area (Å²) in [6.45, 7) is 0. The van der Waals surface area contributed by atoms with Gasteiger partial charge >= 0.3 is 0 Å². The van der Waals surface area contributed by atoms with Crippen molar-refractivity contribution < 1.29 is 4.74 Å². The van der Waals surface area contributed by atoms with Gasteiger partial charge in [-0.3, -0.25) is 0 Å². The van der Waals surface area contributed by atoms with E-state index in [4.69, 9.17) is 14.7 Å². The summed E-state index contributed by atoms with van der Waals surface area (Å²) >= 11 is 0. The van der Waals surface area contributed by atoms with E-state index in [1.165, 1.54) is 0 Å². The normalized spacial score (nSPS) is 18.9. The molecule has 2 heterocycles. The maximum absolute atomic E-state index is 6.34. The largest absolute Gasteiger partial charge is 0.465 e. The molecule has 130 valence electrons. The van der Waals surface area contributed by atoms with E-state index in [2.05, 4.69) is 36.4 Å². The molecule has 0 bridgehead atoms. The van der Waals surface area contributed by atoms with E-state index in [9.17, 15) is 0 Å². The van der Waals surface area contributed by atoms with Crippen molar-refractivity contribution in [3.8, 4) is 0 Å². The number of ether oxygens (including phenoxy) is 1. The highest BCUT2D eigenvalue weighted by molar-refractivity contribution is 5.96. The molecule has 0 radical (unpaired) electrons. The zero-order valence-corrected chi connectivity index (χ0v) is 14.7. The van der Waals surface area contributed by atoms with Gasteiger partial charge in [0.25, 0.3) is 0 Å². The Kier molecular flexibility index (Phi) is 3.91. The lowest BCUT2D eigenvalue weighted by molar-refractivity contribution is 0.196. The molecule has 3 heteroatoms. The van der Waals surface area contributed by atoms with Gasteiger partial charge < -0.3 is 4.74 Å². The number of rotatable bonds is 3. The highest BCUT2D eigenvalue weighted by Crippen LogP contribution is 2.40. The molecule has 0 spiro atoms. The Hall–Kier alpha value is -3.46. The van der Waals surface area contributed by atoms with E-state index in [1.807, 2.05) is 60.7 Å². The van der Waals surface area contributed by atoms with Crippen LogP contribution < -0.4 is 0 Å². The van der Waals surface area contributed by atoms with Crippen molar-refractivity contribution in [1.29, 1.82) is 0 Å². The molecule has 1 aliphatic rings. The summed E-state index contributed by atoms with van der Waals surface area (Å²) in [6, 6.07) is 32.6. The van der Waals surface area contributed by atoms with Gasteiger partial charge in [-0.15, -0.1) is 0 Å². The van der Waals surface area contributed by atoms with Crippen LogP contribution in [0.5, 0.6) is 0 Å². The maximum atomic E-state index is 6.34. The van der Waals surface area contributed by atoms with Crippen LogP contribution in [0.15, 0.2) is 102 Å². The third-order valence-electron chi connectivity index (χ3n) is 4.87. The molecule has 2 atom stereocenters. The summed E-state index contributed by atoms with van der Waals surface area (Å²) in [5, 5.41) is 1.11. The molecule has 27 heavy (non-hydrogen) atoms. The van der Waals surface area contributed by atoms with Gasteiger partial charge in [0.2, 0.25) is 5.90 Å². The first kappa shape index (κ1) is 15.8.